The SMILES string of the molecule is CC1(C)CCc2c(ccc3c2OCC(c2ccc(N=O)c(Cl)c2O)=C3)O1. The molecule has 2 aliphatic rings. The normalized spacial score (nSPS) is 17.3. The fourth-order valence-electron chi connectivity index (χ4n) is 3.44. The second-order valence-electron chi connectivity index (χ2n) is 7.17. The first-order valence-corrected chi connectivity index (χ1v) is 8.81. The molecule has 0 unspecified atom stereocenters. The van der Waals surface area contributed by atoms with Crippen molar-refractivity contribution in [1.82, 2.24) is 0 Å². The summed E-state index contributed by atoms with van der Waals surface area (Å²) >= 11 is 6.01. The van der Waals surface area contributed by atoms with Crippen molar-refractivity contribution in [1.29, 1.82) is 0 Å². The van der Waals surface area contributed by atoms with Gasteiger partial charge in [0.15, 0.2) is 0 Å². The Morgan fingerprint density at radius 1 is 1.23 bits per heavy atom. The Kier molecular flexibility index (Phi) is 3.92. The number of ether oxygens (including phenoxy) is 2. The Labute approximate surface area is 156 Å². The van der Waals surface area contributed by atoms with Crippen LogP contribution in [0.3, 0.4) is 0 Å². The fourth-order valence-corrected chi connectivity index (χ4v) is 3.64. The lowest BCUT2D eigenvalue weighted by molar-refractivity contribution is 0.0834. The van der Waals surface area contributed by atoms with Crippen LogP contribution >= 0.6 is 11.6 Å². The zero-order valence-corrected chi connectivity index (χ0v) is 15.3. The first kappa shape index (κ1) is 16.9. The molecular weight excluding hydrogens is 354 g/mol. The van der Waals surface area contributed by atoms with Gasteiger partial charge in [-0.3, -0.25) is 0 Å². The molecule has 2 aliphatic heterocycles. The second kappa shape index (κ2) is 6.02. The highest BCUT2D eigenvalue weighted by molar-refractivity contribution is 6.34. The molecule has 0 saturated heterocycles. The lowest BCUT2D eigenvalue weighted by Crippen LogP contribution is -2.33. The van der Waals surface area contributed by atoms with Crippen LogP contribution in [0.25, 0.3) is 11.6 Å². The van der Waals surface area contributed by atoms with Crippen LogP contribution < -0.4 is 9.47 Å². The topological polar surface area (TPSA) is 68.1 Å². The fraction of sp³-hybridized carbons (Fsp3) is 0.300. The van der Waals surface area contributed by atoms with E-state index in [-0.39, 0.29) is 22.1 Å². The van der Waals surface area contributed by atoms with E-state index in [1.165, 1.54) is 6.07 Å². The number of phenolic OH excluding ortho intramolecular Hbond substituents is 1. The maximum atomic E-state index is 10.7. The molecule has 0 aromatic heterocycles. The minimum atomic E-state index is -0.173. The number of aromatic hydroxyl groups is 1. The number of nitroso groups, excluding NO2 is 1. The summed E-state index contributed by atoms with van der Waals surface area (Å²) in [6.07, 6.45) is 3.79. The van der Waals surface area contributed by atoms with E-state index >= 15 is 0 Å². The smallest absolute Gasteiger partial charge is 0.144 e. The molecule has 0 saturated carbocycles. The van der Waals surface area contributed by atoms with Gasteiger partial charge in [-0.05, 0) is 62.2 Å². The maximum absolute atomic E-state index is 10.7. The van der Waals surface area contributed by atoms with E-state index < -0.39 is 0 Å². The lowest BCUT2D eigenvalue weighted by Gasteiger charge is -2.34. The molecule has 2 aromatic carbocycles. The summed E-state index contributed by atoms with van der Waals surface area (Å²) in [5, 5.41) is 13.1. The van der Waals surface area contributed by atoms with Crippen LogP contribution in [0, 0.1) is 4.91 Å². The average Bonchev–Trinajstić information content (AvgIpc) is 2.62. The highest BCUT2D eigenvalue weighted by atomic mass is 35.5. The van der Waals surface area contributed by atoms with Gasteiger partial charge < -0.3 is 14.6 Å². The van der Waals surface area contributed by atoms with Crippen molar-refractivity contribution in [3.8, 4) is 17.2 Å². The molecule has 6 heteroatoms. The van der Waals surface area contributed by atoms with Crippen molar-refractivity contribution in [2.75, 3.05) is 6.61 Å². The quantitative estimate of drug-likeness (QED) is 0.709. The largest absolute Gasteiger partial charge is 0.506 e. The monoisotopic (exact) mass is 371 g/mol. The van der Waals surface area contributed by atoms with Crippen LogP contribution in [0.15, 0.2) is 29.4 Å². The average molecular weight is 372 g/mol. The van der Waals surface area contributed by atoms with Crippen LogP contribution in [0.5, 0.6) is 17.2 Å². The van der Waals surface area contributed by atoms with Crippen LogP contribution in [-0.2, 0) is 6.42 Å². The minimum absolute atomic E-state index is 0.0134. The molecule has 1 N–H and O–H groups in total. The van der Waals surface area contributed by atoms with Crippen LogP contribution in [0.4, 0.5) is 5.69 Å². The van der Waals surface area contributed by atoms with Crippen LogP contribution in [0.1, 0.15) is 37.0 Å². The summed E-state index contributed by atoms with van der Waals surface area (Å²) in [6.45, 7) is 4.46. The summed E-state index contributed by atoms with van der Waals surface area (Å²) < 4.78 is 12.1. The van der Waals surface area contributed by atoms with Gasteiger partial charge in [-0.25, -0.2) is 0 Å². The Morgan fingerprint density at radius 2 is 2.04 bits per heavy atom. The van der Waals surface area contributed by atoms with E-state index in [2.05, 4.69) is 19.0 Å². The Morgan fingerprint density at radius 3 is 2.81 bits per heavy atom. The molecule has 0 bridgehead atoms. The van der Waals surface area contributed by atoms with E-state index in [0.29, 0.717) is 12.2 Å². The molecule has 2 aromatic rings. The molecular formula is C20H18ClNO4. The van der Waals surface area contributed by atoms with Crippen LogP contribution in [-0.4, -0.2) is 17.3 Å². The lowest BCUT2D eigenvalue weighted by atomic mass is 9.91. The van der Waals surface area contributed by atoms with E-state index in [9.17, 15) is 10.0 Å². The van der Waals surface area contributed by atoms with Gasteiger partial charge in [0.2, 0.25) is 0 Å². The number of rotatable bonds is 2. The van der Waals surface area contributed by atoms with Crippen molar-refractivity contribution < 1.29 is 14.6 Å². The molecule has 134 valence electrons. The molecule has 5 nitrogen and oxygen atoms in total. The van der Waals surface area contributed by atoms with Crippen molar-refractivity contribution in [2.45, 2.75) is 32.3 Å². The van der Waals surface area contributed by atoms with Gasteiger partial charge in [-0.2, -0.15) is 0 Å². The third-order valence-electron chi connectivity index (χ3n) is 4.85. The highest BCUT2D eigenvalue weighted by Crippen LogP contribution is 2.45. The maximum Gasteiger partial charge on any atom is 0.144 e. The molecule has 0 spiro atoms. The highest BCUT2D eigenvalue weighted by Gasteiger charge is 2.30. The number of halogens is 1. The summed E-state index contributed by atoms with van der Waals surface area (Å²) in [7, 11) is 0. The predicted molar refractivity (Wildman–Crippen MR) is 101 cm³/mol. The summed E-state index contributed by atoms with van der Waals surface area (Å²) in [5.41, 5.74) is 3.17. The van der Waals surface area contributed by atoms with E-state index in [4.69, 9.17) is 21.1 Å². The van der Waals surface area contributed by atoms with Gasteiger partial charge >= 0.3 is 0 Å². The Balaban J connectivity index is 1.76. The summed E-state index contributed by atoms with van der Waals surface area (Å²) in [5.74, 6) is 1.53. The van der Waals surface area contributed by atoms with Crippen molar-refractivity contribution >= 4 is 28.9 Å². The Hall–Kier alpha value is -2.53. The third-order valence-corrected chi connectivity index (χ3v) is 5.23. The molecule has 26 heavy (non-hydrogen) atoms. The van der Waals surface area contributed by atoms with Gasteiger partial charge in [0.25, 0.3) is 0 Å². The van der Waals surface area contributed by atoms with Crippen molar-refractivity contribution in [2.24, 2.45) is 5.18 Å². The minimum Gasteiger partial charge on any atom is -0.506 e. The van der Waals surface area contributed by atoms with Crippen LogP contribution in [0.2, 0.25) is 5.02 Å². The van der Waals surface area contributed by atoms with Crippen molar-refractivity contribution in [3.05, 3.63) is 50.9 Å². The molecule has 0 atom stereocenters. The van der Waals surface area contributed by atoms with E-state index in [0.717, 1.165) is 41.0 Å². The van der Waals surface area contributed by atoms with E-state index in [1.54, 1.807) is 6.07 Å². The van der Waals surface area contributed by atoms with Gasteiger partial charge in [-0.15, -0.1) is 4.91 Å². The number of hydrogen-bond acceptors (Lipinski definition) is 5. The number of benzene rings is 2. The van der Waals surface area contributed by atoms with Gasteiger partial charge in [0.05, 0.1) is 0 Å². The number of fused-ring (bicyclic) bond motifs is 3. The van der Waals surface area contributed by atoms with Gasteiger partial charge in [0.1, 0.15) is 40.2 Å². The summed E-state index contributed by atoms with van der Waals surface area (Å²) in [6, 6.07) is 7.03. The Bertz CT molecular complexity index is 949. The zero-order valence-electron chi connectivity index (χ0n) is 14.5. The van der Waals surface area contributed by atoms with E-state index in [1.807, 2.05) is 18.2 Å². The molecule has 4 rings (SSSR count). The van der Waals surface area contributed by atoms with Gasteiger partial charge in [-0.1, -0.05) is 11.6 Å². The summed E-state index contributed by atoms with van der Waals surface area (Å²) in [4.78, 5) is 10.7. The zero-order chi connectivity index (χ0) is 18.5. The molecule has 0 fully saturated rings. The van der Waals surface area contributed by atoms with Crippen molar-refractivity contribution in [3.63, 3.8) is 0 Å². The number of phenols is 1. The first-order chi connectivity index (χ1) is 12.4. The first-order valence-electron chi connectivity index (χ1n) is 8.43. The third kappa shape index (κ3) is 2.72. The molecule has 2 heterocycles. The second-order valence-corrected chi connectivity index (χ2v) is 7.54. The molecule has 0 amide bonds. The number of hydrogen-bond donors (Lipinski definition) is 1. The number of nitrogens with zero attached hydrogens (tertiary/aromatic N) is 1. The molecule has 0 radical (unpaired) electrons. The standard InChI is InChI=1S/C20H18ClNO4/c1-20(2)8-7-14-16(26-20)6-3-11-9-12(10-25-19(11)14)13-4-5-15(22-24)17(21)18(13)23/h3-6,9,23H,7-8,10H2,1-2H3. The molecule has 0 aliphatic carbocycles. The van der Waals surface area contributed by atoms with Gasteiger partial charge in [0, 0.05) is 22.3 Å². The predicted octanol–water partition coefficient (Wildman–Crippen LogP) is 5.48.